The molecular weight excluding hydrogens is 432 g/mol. The summed E-state index contributed by atoms with van der Waals surface area (Å²) in [5.74, 6) is 0.976. The minimum Gasteiger partial charge on any atom is -0.493 e. The minimum absolute atomic E-state index is 0.118. The lowest BCUT2D eigenvalue weighted by Crippen LogP contribution is -2.23. The van der Waals surface area contributed by atoms with Crippen molar-refractivity contribution in [3.05, 3.63) is 56.9 Å². The van der Waals surface area contributed by atoms with Crippen LogP contribution in [-0.2, 0) is 16.7 Å². The molecule has 0 aliphatic carbocycles. The highest BCUT2D eigenvalue weighted by atomic mass is 32.2. The van der Waals surface area contributed by atoms with Crippen molar-refractivity contribution in [1.82, 2.24) is 4.57 Å². The number of benzene rings is 1. The van der Waals surface area contributed by atoms with E-state index in [0.717, 1.165) is 5.69 Å². The van der Waals surface area contributed by atoms with Crippen molar-refractivity contribution in [2.75, 3.05) is 17.2 Å². The molecule has 1 aromatic carbocycles. The lowest BCUT2D eigenvalue weighted by molar-refractivity contribution is 0.419. The first-order valence-electron chi connectivity index (χ1n) is 8.85. The number of hydrogen-bond acceptors (Lipinski definition) is 7. The molecule has 2 aromatic rings. The molecule has 2 heterocycles. The van der Waals surface area contributed by atoms with Crippen molar-refractivity contribution >= 4 is 45.4 Å². The molecule has 29 heavy (non-hydrogen) atoms. The molecule has 0 spiro atoms. The number of nitrogens with zero attached hydrogens (tertiary/aromatic N) is 2. The fourth-order valence-corrected chi connectivity index (χ4v) is 4.66. The average Bonchev–Trinajstić information content (AvgIpc) is 3.14. The van der Waals surface area contributed by atoms with E-state index in [9.17, 15) is 13.5 Å². The van der Waals surface area contributed by atoms with E-state index >= 15 is 0 Å². The van der Waals surface area contributed by atoms with Gasteiger partial charge in [-0.05, 0) is 43.8 Å². The molecule has 0 radical (unpaired) electrons. The topological polar surface area (TPSA) is 92.0 Å². The Hall–Kier alpha value is -2.36. The van der Waals surface area contributed by atoms with Crippen LogP contribution in [0.15, 0.2) is 48.0 Å². The van der Waals surface area contributed by atoms with Crippen molar-refractivity contribution in [1.29, 1.82) is 0 Å². The van der Waals surface area contributed by atoms with E-state index < -0.39 is 10.1 Å². The number of hydrogen-bond donors (Lipinski definition) is 2. The maximum atomic E-state index is 11.0. The summed E-state index contributed by atoms with van der Waals surface area (Å²) in [5, 5.41) is 10.1. The van der Waals surface area contributed by atoms with Crippen LogP contribution in [0.3, 0.4) is 0 Å². The van der Waals surface area contributed by atoms with E-state index in [1.54, 1.807) is 22.8 Å². The van der Waals surface area contributed by atoms with E-state index in [0.29, 0.717) is 33.6 Å². The second-order valence-electron chi connectivity index (χ2n) is 6.14. The molecule has 1 aliphatic rings. The normalized spacial score (nSPS) is 14.4. The fourth-order valence-electron chi connectivity index (χ4n) is 2.84. The van der Waals surface area contributed by atoms with Crippen LogP contribution in [0.1, 0.15) is 18.2 Å². The largest absolute Gasteiger partial charge is 0.493 e. The van der Waals surface area contributed by atoms with Gasteiger partial charge in [0.2, 0.25) is 11.8 Å². The van der Waals surface area contributed by atoms with Crippen LogP contribution in [0.5, 0.6) is 11.6 Å². The Morgan fingerprint density at radius 1 is 1.34 bits per heavy atom. The molecule has 0 saturated carbocycles. The monoisotopic (exact) mass is 452 g/mol. The number of ether oxygens (including phenoxy) is 1. The van der Waals surface area contributed by atoms with E-state index in [1.165, 1.54) is 11.3 Å². The molecule has 0 amide bonds. The molecule has 0 saturated heterocycles. The number of thiazole rings is 1. The first-order valence-corrected chi connectivity index (χ1v) is 11.7. The van der Waals surface area contributed by atoms with Crippen LogP contribution in [0.4, 0.5) is 5.69 Å². The summed E-state index contributed by atoms with van der Waals surface area (Å²) in [5.41, 5.74) is 3.80. The Labute approximate surface area is 178 Å². The number of allylic oxidation sites excluding steroid dienone is 2. The molecule has 0 fully saturated rings. The van der Waals surface area contributed by atoms with Gasteiger partial charge in [-0.2, -0.15) is 8.42 Å². The second-order valence-corrected chi connectivity index (χ2v) is 9.39. The molecule has 1 aromatic heterocycles. The number of fused-ring (bicyclic) bond motifs is 1. The SMILES string of the molecule is CCn1c(O)c(C=C=CC=C2Oc3ccccc3N2CCCS(=O)(=O)O)sc1=S. The van der Waals surface area contributed by atoms with Gasteiger partial charge in [0.05, 0.1) is 16.3 Å². The van der Waals surface area contributed by atoms with E-state index in [1.807, 2.05) is 36.1 Å². The van der Waals surface area contributed by atoms with Crippen molar-refractivity contribution in [2.45, 2.75) is 19.9 Å². The average molecular weight is 453 g/mol. The predicted octanol–water partition coefficient (Wildman–Crippen LogP) is 4.19. The third-order valence-corrected chi connectivity index (χ3v) is 6.36. The summed E-state index contributed by atoms with van der Waals surface area (Å²) in [6, 6.07) is 7.42. The number of aromatic hydroxyl groups is 1. The number of aromatic nitrogens is 1. The molecule has 154 valence electrons. The van der Waals surface area contributed by atoms with Gasteiger partial charge < -0.3 is 14.7 Å². The third kappa shape index (κ3) is 5.17. The second kappa shape index (κ2) is 8.98. The smallest absolute Gasteiger partial charge is 0.264 e. The summed E-state index contributed by atoms with van der Waals surface area (Å²) < 4.78 is 39.0. The Bertz CT molecular complexity index is 1150. The highest BCUT2D eigenvalue weighted by Gasteiger charge is 2.25. The summed E-state index contributed by atoms with van der Waals surface area (Å²) in [6.07, 6.45) is 5.24. The van der Waals surface area contributed by atoms with Gasteiger partial charge in [0.25, 0.3) is 10.1 Å². The first kappa shape index (κ1) is 21.4. The lowest BCUT2D eigenvalue weighted by atomic mass is 10.2. The van der Waals surface area contributed by atoms with Crippen molar-refractivity contribution in [3.63, 3.8) is 0 Å². The fraction of sp³-hybridized carbons (Fsp3) is 0.263. The molecular formula is C19H20N2O5S3. The standard InChI is InChI=1S/C19H20N2O5S3/c1-2-20-18(22)16(28-19(20)27)10-5-6-11-17-21(12-7-13-29(23,24)25)14-8-3-4-9-15(14)26-17/h3-4,6,8-11,22H,2,7,12-13H2,1H3,(H,23,24,25). The van der Waals surface area contributed by atoms with Crippen molar-refractivity contribution in [2.24, 2.45) is 0 Å². The van der Waals surface area contributed by atoms with Gasteiger partial charge in [0.15, 0.2) is 9.70 Å². The van der Waals surface area contributed by atoms with Crippen LogP contribution < -0.4 is 9.64 Å². The van der Waals surface area contributed by atoms with Crippen LogP contribution >= 0.6 is 23.6 Å². The summed E-state index contributed by atoms with van der Waals surface area (Å²) in [7, 11) is -4.02. The lowest BCUT2D eigenvalue weighted by Gasteiger charge is -2.17. The first-order chi connectivity index (χ1) is 13.8. The zero-order valence-electron chi connectivity index (χ0n) is 15.6. The molecule has 7 nitrogen and oxygen atoms in total. The molecule has 1 aliphatic heterocycles. The van der Waals surface area contributed by atoms with Crippen molar-refractivity contribution in [3.8, 4) is 11.6 Å². The van der Waals surface area contributed by atoms with Crippen LogP contribution in [0.25, 0.3) is 6.08 Å². The van der Waals surface area contributed by atoms with E-state index in [-0.39, 0.29) is 18.1 Å². The maximum Gasteiger partial charge on any atom is 0.264 e. The molecule has 3 rings (SSSR count). The van der Waals surface area contributed by atoms with E-state index in [4.69, 9.17) is 21.5 Å². The minimum atomic E-state index is -4.02. The van der Waals surface area contributed by atoms with Gasteiger partial charge in [0, 0.05) is 25.2 Å². The summed E-state index contributed by atoms with van der Waals surface area (Å²) in [6.45, 7) is 2.86. The third-order valence-electron chi connectivity index (χ3n) is 4.17. The van der Waals surface area contributed by atoms with Gasteiger partial charge in [0.1, 0.15) is 0 Å². The maximum absolute atomic E-state index is 11.0. The predicted molar refractivity (Wildman–Crippen MR) is 117 cm³/mol. The van der Waals surface area contributed by atoms with Crippen LogP contribution in [-0.4, -0.2) is 34.9 Å². The quantitative estimate of drug-likeness (QED) is 0.370. The van der Waals surface area contributed by atoms with Crippen molar-refractivity contribution < 1.29 is 22.8 Å². The van der Waals surface area contributed by atoms with Crippen LogP contribution in [0.2, 0.25) is 0 Å². The van der Waals surface area contributed by atoms with Crippen LogP contribution in [0, 0.1) is 3.95 Å². The van der Waals surface area contributed by atoms with E-state index in [2.05, 4.69) is 5.73 Å². The zero-order valence-corrected chi connectivity index (χ0v) is 18.1. The molecule has 2 N–H and O–H groups in total. The Morgan fingerprint density at radius 3 is 2.79 bits per heavy atom. The van der Waals surface area contributed by atoms with Gasteiger partial charge in [-0.3, -0.25) is 9.12 Å². The summed E-state index contributed by atoms with van der Waals surface area (Å²) in [4.78, 5) is 2.46. The Balaban J connectivity index is 1.81. The highest BCUT2D eigenvalue weighted by molar-refractivity contribution is 7.85. The van der Waals surface area contributed by atoms with Gasteiger partial charge >= 0.3 is 0 Å². The molecule has 10 heteroatoms. The number of anilines is 1. The zero-order chi connectivity index (χ0) is 21.0. The Morgan fingerprint density at radius 2 is 2.10 bits per heavy atom. The van der Waals surface area contributed by atoms with Gasteiger partial charge in [-0.1, -0.05) is 12.1 Å². The Kier molecular flexibility index (Phi) is 6.61. The molecule has 0 atom stereocenters. The molecule has 0 bridgehead atoms. The number of para-hydroxylation sites is 2. The number of rotatable bonds is 7. The highest BCUT2D eigenvalue weighted by Crippen LogP contribution is 2.38. The molecule has 0 unspecified atom stereocenters. The summed E-state index contributed by atoms with van der Waals surface area (Å²) >= 11 is 6.51. The van der Waals surface area contributed by atoms with Gasteiger partial charge in [-0.25, -0.2) is 0 Å². The van der Waals surface area contributed by atoms with Gasteiger partial charge in [-0.15, -0.1) is 17.1 Å².